The number of imidazole rings is 1. The summed E-state index contributed by atoms with van der Waals surface area (Å²) in [7, 11) is 2.90. The molecule has 138 valence electrons. The van der Waals surface area contributed by atoms with Gasteiger partial charge < -0.3 is 4.57 Å². The molecular weight excluding hydrogens is 348 g/mol. The Bertz CT molecular complexity index is 1150. The van der Waals surface area contributed by atoms with Crippen molar-refractivity contribution >= 4 is 29.4 Å². The van der Waals surface area contributed by atoms with Gasteiger partial charge in [-0.2, -0.15) is 5.10 Å². The van der Waals surface area contributed by atoms with Gasteiger partial charge in [0.1, 0.15) is 6.54 Å². The second-order valence-corrected chi connectivity index (χ2v) is 5.83. The zero-order valence-corrected chi connectivity index (χ0v) is 14.9. The van der Waals surface area contributed by atoms with Crippen LogP contribution in [-0.4, -0.2) is 30.8 Å². The highest BCUT2D eigenvalue weighted by molar-refractivity contribution is 5.82. The van der Waals surface area contributed by atoms with Crippen LogP contribution in [0.1, 0.15) is 5.56 Å². The molecule has 27 heavy (non-hydrogen) atoms. The fourth-order valence-electron chi connectivity index (χ4n) is 2.58. The average Bonchev–Trinajstić information content (AvgIpc) is 3.09. The molecular formula is C18H18N6O3. The molecule has 0 unspecified atom stereocenters. The number of nitrogens with one attached hydrogen (secondary N) is 1. The molecule has 0 saturated carbocycles. The third kappa shape index (κ3) is 3.76. The van der Waals surface area contributed by atoms with Crippen LogP contribution < -0.4 is 16.7 Å². The summed E-state index contributed by atoms with van der Waals surface area (Å²) in [5, 5.41) is 3.83. The number of carbonyl (C=O) groups excluding carboxylic acids is 1. The SMILES string of the molecule is Cn1c(=O)c2c(ncn2CC(=O)N/N=C\C=C/c2ccccc2)n(C)c1=O. The second kappa shape index (κ2) is 7.65. The first-order valence-corrected chi connectivity index (χ1v) is 8.13. The van der Waals surface area contributed by atoms with Crippen LogP contribution in [0, 0.1) is 0 Å². The van der Waals surface area contributed by atoms with Crippen LogP contribution in [0.15, 0.2) is 57.4 Å². The lowest BCUT2D eigenvalue weighted by atomic mass is 10.2. The van der Waals surface area contributed by atoms with Gasteiger partial charge in [-0.1, -0.05) is 36.4 Å². The van der Waals surface area contributed by atoms with E-state index in [2.05, 4.69) is 15.5 Å². The number of amides is 1. The lowest BCUT2D eigenvalue weighted by molar-refractivity contribution is -0.121. The predicted octanol–water partition coefficient (Wildman–Crippen LogP) is 0.249. The number of hydrogen-bond acceptors (Lipinski definition) is 5. The number of allylic oxidation sites excluding steroid dienone is 1. The highest BCUT2D eigenvalue weighted by Gasteiger charge is 2.15. The van der Waals surface area contributed by atoms with Crippen LogP contribution in [0.5, 0.6) is 0 Å². The fourth-order valence-corrected chi connectivity index (χ4v) is 2.58. The zero-order chi connectivity index (χ0) is 19.4. The van der Waals surface area contributed by atoms with Crippen molar-refractivity contribution in [1.29, 1.82) is 0 Å². The van der Waals surface area contributed by atoms with Gasteiger partial charge in [0.25, 0.3) is 11.5 Å². The van der Waals surface area contributed by atoms with Gasteiger partial charge in [-0.3, -0.25) is 18.7 Å². The first-order valence-electron chi connectivity index (χ1n) is 8.13. The fraction of sp³-hybridized carbons (Fsp3) is 0.167. The number of nitrogens with zero attached hydrogens (tertiary/aromatic N) is 5. The van der Waals surface area contributed by atoms with Crippen LogP contribution in [0.2, 0.25) is 0 Å². The molecule has 0 spiro atoms. The minimum atomic E-state index is -0.507. The van der Waals surface area contributed by atoms with Crippen molar-refractivity contribution in [3.05, 3.63) is 69.1 Å². The van der Waals surface area contributed by atoms with Gasteiger partial charge in [0.05, 0.1) is 6.33 Å². The minimum Gasteiger partial charge on any atom is -0.315 e. The third-order valence-corrected chi connectivity index (χ3v) is 3.97. The van der Waals surface area contributed by atoms with Gasteiger partial charge in [-0.25, -0.2) is 15.2 Å². The number of fused-ring (bicyclic) bond motifs is 1. The largest absolute Gasteiger partial charge is 0.332 e. The Kier molecular flexibility index (Phi) is 5.11. The summed E-state index contributed by atoms with van der Waals surface area (Å²) in [6.07, 6.45) is 6.36. The van der Waals surface area contributed by atoms with Gasteiger partial charge in [-0.05, 0) is 11.6 Å². The molecule has 0 fully saturated rings. The molecule has 1 amide bonds. The van der Waals surface area contributed by atoms with E-state index in [0.717, 1.165) is 10.1 Å². The van der Waals surface area contributed by atoms with Crippen molar-refractivity contribution in [2.24, 2.45) is 19.2 Å². The van der Waals surface area contributed by atoms with E-state index in [4.69, 9.17) is 0 Å². The predicted molar refractivity (Wildman–Crippen MR) is 102 cm³/mol. The molecule has 2 aromatic heterocycles. The number of rotatable bonds is 5. The molecule has 3 aromatic rings. The van der Waals surface area contributed by atoms with E-state index in [0.29, 0.717) is 0 Å². The molecule has 0 aliphatic heterocycles. The first-order chi connectivity index (χ1) is 13.0. The average molecular weight is 366 g/mol. The molecule has 9 heteroatoms. The Balaban J connectivity index is 1.70. The van der Waals surface area contributed by atoms with Crippen molar-refractivity contribution in [1.82, 2.24) is 24.1 Å². The maximum Gasteiger partial charge on any atom is 0.332 e. The van der Waals surface area contributed by atoms with E-state index in [-0.39, 0.29) is 17.7 Å². The monoisotopic (exact) mass is 366 g/mol. The van der Waals surface area contributed by atoms with Gasteiger partial charge >= 0.3 is 5.69 Å². The smallest absolute Gasteiger partial charge is 0.315 e. The van der Waals surface area contributed by atoms with Gasteiger partial charge in [0, 0.05) is 20.3 Å². The van der Waals surface area contributed by atoms with Gasteiger partial charge in [0.15, 0.2) is 11.2 Å². The maximum atomic E-state index is 12.3. The second-order valence-electron chi connectivity index (χ2n) is 5.83. The standard InChI is InChI=1S/C18H18N6O3/c1-22-16-15(17(26)23(2)18(22)27)24(12-19-16)11-14(25)21-20-10-6-9-13-7-4-3-5-8-13/h3-10,12H,11H2,1-2H3,(H,21,25)/b9-6-,20-10-. The first kappa shape index (κ1) is 18.1. The number of carbonyl (C=O) groups is 1. The maximum absolute atomic E-state index is 12.3. The zero-order valence-electron chi connectivity index (χ0n) is 14.9. The van der Waals surface area contributed by atoms with Gasteiger partial charge in [-0.15, -0.1) is 0 Å². The summed E-state index contributed by atoms with van der Waals surface area (Å²) in [6, 6.07) is 9.67. The van der Waals surface area contributed by atoms with Crippen LogP contribution in [0.4, 0.5) is 0 Å². The van der Waals surface area contributed by atoms with Crippen LogP contribution in [0.3, 0.4) is 0 Å². The van der Waals surface area contributed by atoms with E-state index in [9.17, 15) is 14.4 Å². The molecule has 1 N–H and O–H groups in total. The Morgan fingerprint density at radius 3 is 2.67 bits per heavy atom. The molecule has 1 aromatic carbocycles. The summed E-state index contributed by atoms with van der Waals surface area (Å²) >= 11 is 0. The lowest BCUT2D eigenvalue weighted by Crippen LogP contribution is -2.38. The van der Waals surface area contributed by atoms with E-state index >= 15 is 0 Å². The summed E-state index contributed by atoms with van der Waals surface area (Å²) in [5.74, 6) is -0.422. The molecule has 0 atom stereocenters. The molecule has 0 radical (unpaired) electrons. The number of hydrogen-bond donors (Lipinski definition) is 1. The van der Waals surface area contributed by atoms with Crippen molar-refractivity contribution in [2.45, 2.75) is 6.54 Å². The Morgan fingerprint density at radius 1 is 1.19 bits per heavy atom. The summed E-state index contributed by atoms with van der Waals surface area (Å²) < 4.78 is 3.63. The summed E-state index contributed by atoms with van der Waals surface area (Å²) in [6.45, 7) is -0.149. The Labute approximate surface area is 153 Å². The van der Waals surface area contributed by atoms with E-state index in [1.807, 2.05) is 36.4 Å². The number of aromatic nitrogens is 4. The highest BCUT2D eigenvalue weighted by Crippen LogP contribution is 2.05. The Morgan fingerprint density at radius 2 is 1.93 bits per heavy atom. The van der Waals surface area contributed by atoms with Crippen molar-refractivity contribution in [3.8, 4) is 0 Å². The van der Waals surface area contributed by atoms with Crippen molar-refractivity contribution in [2.75, 3.05) is 0 Å². The molecule has 0 aliphatic carbocycles. The summed E-state index contributed by atoms with van der Waals surface area (Å²) in [5.41, 5.74) is 2.83. The van der Waals surface area contributed by atoms with E-state index in [1.165, 1.54) is 35.8 Å². The summed E-state index contributed by atoms with van der Waals surface area (Å²) in [4.78, 5) is 40.3. The molecule has 0 bridgehead atoms. The quantitative estimate of drug-likeness (QED) is 0.516. The minimum absolute atomic E-state index is 0.149. The molecule has 9 nitrogen and oxygen atoms in total. The topological polar surface area (TPSA) is 103 Å². The number of hydrazone groups is 1. The van der Waals surface area contributed by atoms with Crippen molar-refractivity contribution in [3.63, 3.8) is 0 Å². The van der Waals surface area contributed by atoms with Crippen molar-refractivity contribution < 1.29 is 4.79 Å². The molecule has 0 saturated heterocycles. The number of aryl methyl sites for hydroxylation is 1. The molecule has 0 aliphatic rings. The Hall–Kier alpha value is -3.75. The van der Waals surface area contributed by atoms with Crippen LogP contribution >= 0.6 is 0 Å². The lowest BCUT2D eigenvalue weighted by Gasteiger charge is -2.05. The highest BCUT2D eigenvalue weighted by atomic mass is 16.2. The van der Waals surface area contributed by atoms with E-state index < -0.39 is 17.2 Å². The van der Waals surface area contributed by atoms with Crippen LogP contribution in [0.25, 0.3) is 17.2 Å². The molecule has 2 heterocycles. The van der Waals surface area contributed by atoms with Gasteiger partial charge in [0.2, 0.25) is 0 Å². The van der Waals surface area contributed by atoms with Crippen LogP contribution in [-0.2, 0) is 25.4 Å². The number of benzene rings is 1. The normalized spacial score (nSPS) is 11.6. The van der Waals surface area contributed by atoms with E-state index in [1.54, 1.807) is 6.08 Å². The molecule has 3 rings (SSSR count). The third-order valence-electron chi connectivity index (χ3n) is 3.97.